The third-order valence-corrected chi connectivity index (χ3v) is 9.67. The number of nitrogens with zero attached hydrogens (tertiary/aromatic N) is 2. The van der Waals surface area contributed by atoms with Gasteiger partial charge in [-0.15, -0.1) is 0 Å². The van der Waals surface area contributed by atoms with Crippen molar-refractivity contribution >= 4 is 39.0 Å². The number of aromatic nitrogens is 1. The fourth-order valence-corrected chi connectivity index (χ4v) is 6.69. The number of hydrogen-bond donors (Lipinski definition) is 4. The van der Waals surface area contributed by atoms with Gasteiger partial charge in [-0.1, -0.05) is 37.3 Å². The molecule has 3 heterocycles. The Morgan fingerprint density at radius 1 is 1.19 bits per heavy atom. The van der Waals surface area contributed by atoms with Crippen molar-refractivity contribution in [2.45, 2.75) is 57.3 Å². The lowest BCUT2D eigenvalue weighted by Gasteiger charge is -2.28. The largest absolute Gasteiger partial charge is 0.483 e. The fraction of sp³-hybridized carbons (Fsp3) is 0.467. The number of carboxylic acid groups (broad SMARTS) is 1. The van der Waals surface area contributed by atoms with Gasteiger partial charge < -0.3 is 30.2 Å². The Bertz CT molecular complexity index is 1470. The molecule has 0 spiro atoms. The number of aliphatic hydroxyl groups excluding tert-OH is 1. The second kappa shape index (κ2) is 14.1. The van der Waals surface area contributed by atoms with Crippen molar-refractivity contribution in [1.29, 1.82) is 0 Å². The summed E-state index contributed by atoms with van der Waals surface area (Å²) in [6.45, 7) is 3.92. The first kappa shape index (κ1) is 31.5. The molecular formula is C30H40N4O7S. The summed E-state index contributed by atoms with van der Waals surface area (Å²) < 4.78 is 34.5. The van der Waals surface area contributed by atoms with Crippen molar-refractivity contribution in [3.05, 3.63) is 65.4 Å². The number of aryl methyl sites for hydroxylation is 2. The van der Waals surface area contributed by atoms with Gasteiger partial charge in [-0.25, -0.2) is 8.42 Å². The molecule has 0 bridgehead atoms. The molecule has 0 saturated carbocycles. The number of sulfonamides is 1. The summed E-state index contributed by atoms with van der Waals surface area (Å²) in [5, 5.41) is 25.5. The number of rotatable bonds is 9. The van der Waals surface area contributed by atoms with Gasteiger partial charge in [-0.3, -0.25) is 13.9 Å². The maximum absolute atomic E-state index is 13.7. The van der Waals surface area contributed by atoms with Crippen LogP contribution in [0.4, 0.5) is 5.69 Å². The predicted molar refractivity (Wildman–Crippen MR) is 161 cm³/mol. The molecule has 5 rings (SSSR count). The third kappa shape index (κ3) is 7.30. The molecule has 11 nitrogen and oxygen atoms in total. The molecule has 1 fully saturated rings. The number of benzene rings is 2. The van der Waals surface area contributed by atoms with Crippen molar-refractivity contribution in [3.63, 3.8) is 0 Å². The second-order valence-electron chi connectivity index (χ2n) is 10.6. The van der Waals surface area contributed by atoms with E-state index >= 15 is 0 Å². The van der Waals surface area contributed by atoms with E-state index in [0.717, 1.165) is 41.3 Å². The molecule has 0 unspecified atom stereocenters. The first-order chi connectivity index (χ1) is 20.2. The Balaban J connectivity index is 0.00000129. The SMILES string of the molecule is CCc1cn2c3c(cc(C(=O)N[C@@H](Cc4ccccc4)[C@H](O)CNC4CCOCC4)cc13)N(C)S(=O)(=O)CC2.O=CO. The minimum atomic E-state index is -3.52. The molecule has 3 aromatic rings. The van der Waals surface area contributed by atoms with Crippen LogP contribution >= 0.6 is 0 Å². The number of amides is 1. The Morgan fingerprint density at radius 3 is 2.55 bits per heavy atom. The minimum absolute atomic E-state index is 0.00188. The molecule has 12 heteroatoms. The summed E-state index contributed by atoms with van der Waals surface area (Å²) in [6, 6.07) is 13.0. The van der Waals surface area contributed by atoms with E-state index in [0.29, 0.717) is 44.0 Å². The lowest BCUT2D eigenvalue weighted by Crippen LogP contribution is -2.50. The van der Waals surface area contributed by atoms with Crippen LogP contribution in [0.15, 0.2) is 48.7 Å². The third-order valence-electron chi connectivity index (χ3n) is 7.94. The first-order valence-corrected chi connectivity index (χ1v) is 15.8. The Labute approximate surface area is 246 Å². The lowest BCUT2D eigenvalue weighted by atomic mass is 9.99. The summed E-state index contributed by atoms with van der Waals surface area (Å²) in [5.74, 6) is -0.345. The molecule has 2 aliphatic heterocycles. The number of nitrogens with one attached hydrogen (secondary N) is 2. The smallest absolute Gasteiger partial charge is 0.290 e. The molecule has 1 aromatic heterocycles. The Kier molecular flexibility index (Phi) is 10.6. The first-order valence-electron chi connectivity index (χ1n) is 14.2. The predicted octanol–water partition coefficient (Wildman–Crippen LogP) is 2.15. The van der Waals surface area contributed by atoms with Gasteiger partial charge >= 0.3 is 0 Å². The molecular weight excluding hydrogens is 560 g/mol. The zero-order valence-corrected chi connectivity index (χ0v) is 24.8. The standard InChI is InChI=1S/C29H38N4O5S.CH2O2/c1-3-21-19-33-11-14-39(36,37)32(2)26-17-22(16-24(21)28(26)33)29(35)31-25(15-20-7-5-4-6-8-20)27(34)18-30-23-9-12-38-13-10-23;2-1-3/h4-8,16-17,19,23,25,27,30,34H,3,9-15,18H2,1-2H3,(H,31,35);1H,(H,2,3)/t25-,27+;/m0./s1. The highest BCUT2D eigenvalue weighted by Crippen LogP contribution is 2.35. The quantitative estimate of drug-likeness (QED) is 0.273. The van der Waals surface area contributed by atoms with Gasteiger partial charge in [-0.05, 0) is 48.9 Å². The molecule has 2 aliphatic rings. The summed E-state index contributed by atoms with van der Waals surface area (Å²) >= 11 is 0. The monoisotopic (exact) mass is 600 g/mol. The molecule has 1 saturated heterocycles. The van der Waals surface area contributed by atoms with Crippen LogP contribution in [0, 0.1) is 0 Å². The molecule has 42 heavy (non-hydrogen) atoms. The number of carbonyl (C=O) groups excluding carboxylic acids is 1. The van der Waals surface area contributed by atoms with Crippen molar-refractivity contribution in [1.82, 2.24) is 15.2 Å². The van der Waals surface area contributed by atoms with Crippen LogP contribution in [0.25, 0.3) is 10.9 Å². The molecule has 4 N–H and O–H groups in total. The summed E-state index contributed by atoms with van der Waals surface area (Å²) in [6.07, 6.45) is 4.18. The molecule has 2 atom stereocenters. The van der Waals surface area contributed by atoms with Gasteiger partial charge in [-0.2, -0.15) is 0 Å². The highest BCUT2D eigenvalue weighted by molar-refractivity contribution is 7.92. The van der Waals surface area contributed by atoms with Crippen LogP contribution in [-0.4, -0.2) is 86.3 Å². The Hall–Kier alpha value is -3.45. The van der Waals surface area contributed by atoms with E-state index in [1.807, 2.05) is 47.2 Å². The van der Waals surface area contributed by atoms with Gasteiger partial charge in [0.2, 0.25) is 10.0 Å². The Morgan fingerprint density at radius 2 is 1.88 bits per heavy atom. The van der Waals surface area contributed by atoms with Crippen molar-refractivity contribution in [2.24, 2.45) is 0 Å². The van der Waals surface area contributed by atoms with Crippen LogP contribution in [0.5, 0.6) is 0 Å². The van der Waals surface area contributed by atoms with E-state index in [4.69, 9.17) is 14.6 Å². The molecule has 2 aromatic carbocycles. The lowest BCUT2D eigenvalue weighted by molar-refractivity contribution is -0.122. The summed E-state index contributed by atoms with van der Waals surface area (Å²) in [5.41, 5.74) is 3.77. The van der Waals surface area contributed by atoms with Crippen LogP contribution in [0.2, 0.25) is 0 Å². The van der Waals surface area contributed by atoms with Crippen LogP contribution in [0.1, 0.15) is 41.3 Å². The maximum atomic E-state index is 13.7. The highest BCUT2D eigenvalue weighted by atomic mass is 32.2. The van der Waals surface area contributed by atoms with Crippen LogP contribution in [0.3, 0.4) is 0 Å². The average Bonchev–Trinajstić information content (AvgIpc) is 3.32. The highest BCUT2D eigenvalue weighted by Gasteiger charge is 2.29. The minimum Gasteiger partial charge on any atom is -0.483 e. The van der Waals surface area contributed by atoms with Gasteiger partial charge in [0.1, 0.15) is 0 Å². The van der Waals surface area contributed by atoms with Crippen LogP contribution in [-0.2, 0) is 38.9 Å². The topological polar surface area (TPSA) is 150 Å². The molecule has 0 aliphatic carbocycles. The van der Waals surface area contributed by atoms with E-state index in [2.05, 4.69) is 17.6 Å². The zero-order valence-electron chi connectivity index (χ0n) is 24.0. The van der Waals surface area contributed by atoms with Gasteiger partial charge in [0.25, 0.3) is 12.4 Å². The van der Waals surface area contributed by atoms with Crippen molar-refractivity contribution < 1.29 is 33.0 Å². The van der Waals surface area contributed by atoms with Gasteiger partial charge in [0, 0.05) is 56.5 Å². The molecule has 0 radical (unpaired) electrons. The number of aliphatic hydroxyl groups is 1. The number of carbonyl (C=O) groups is 2. The maximum Gasteiger partial charge on any atom is 0.290 e. The number of hydrogen-bond acceptors (Lipinski definition) is 7. The van der Waals surface area contributed by atoms with Gasteiger partial charge in [0.15, 0.2) is 0 Å². The normalized spacial score (nSPS) is 17.9. The van der Waals surface area contributed by atoms with Crippen molar-refractivity contribution in [2.75, 3.05) is 36.9 Å². The van der Waals surface area contributed by atoms with Gasteiger partial charge in [0.05, 0.1) is 29.1 Å². The fourth-order valence-electron chi connectivity index (χ4n) is 5.55. The van der Waals surface area contributed by atoms with E-state index in [9.17, 15) is 18.3 Å². The number of anilines is 1. The van der Waals surface area contributed by atoms with Crippen molar-refractivity contribution in [3.8, 4) is 0 Å². The summed E-state index contributed by atoms with van der Waals surface area (Å²) in [4.78, 5) is 22.1. The molecule has 228 valence electrons. The van der Waals surface area contributed by atoms with E-state index in [1.165, 1.54) is 4.31 Å². The van der Waals surface area contributed by atoms with E-state index in [-0.39, 0.29) is 24.2 Å². The number of ether oxygens (including phenoxy) is 1. The summed E-state index contributed by atoms with van der Waals surface area (Å²) in [7, 11) is -1.97. The van der Waals surface area contributed by atoms with E-state index < -0.39 is 22.2 Å². The zero-order chi connectivity index (χ0) is 30.3. The van der Waals surface area contributed by atoms with E-state index in [1.54, 1.807) is 13.1 Å². The molecule has 1 amide bonds. The van der Waals surface area contributed by atoms with Crippen LogP contribution < -0.4 is 14.9 Å². The average molecular weight is 601 g/mol. The second-order valence-corrected chi connectivity index (χ2v) is 12.7.